The maximum Gasteiger partial charge on any atom is 0.189 e. The third-order valence-electron chi connectivity index (χ3n) is 2.61. The van der Waals surface area contributed by atoms with Crippen molar-refractivity contribution in [2.45, 2.75) is 33.0 Å². The first kappa shape index (κ1) is 9.92. The summed E-state index contributed by atoms with van der Waals surface area (Å²) in [5.74, 6) is 0. The fourth-order valence-corrected chi connectivity index (χ4v) is 0.692. The molecule has 1 atom stereocenters. The number of rotatable bonds is 3. The van der Waals surface area contributed by atoms with E-state index in [0.717, 1.165) is 4.48 Å². The molecule has 2 heteroatoms. The molecule has 0 amide bonds. The van der Waals surface area contributed by atoms with Gasteiger partial charge in [-0.3, -0.25) is 0 Å². The zero-order valence-electron chi connectivity index (χ0n) is 8.01. The van der Waals surface area contributed by atoms with E-state index in [4.69, 9.17) is 4.74 Å². The number of nitrogens with zero attached hydrogens (tertiary/aromatic N) is 1. The highest BCUT2D eigenvalue weighted by Crippen LogP contribution is 2.11. The lowest BCUT2D eigenvalue weighted by Crippen LogP contribution is -2.52. The average Bonchev–Trinajstić information content (AvgIpc) is 1.86. The molecule has 0 N–H and O–H groups in total. The van der Waals surface area contributed by atoms with Crippen LogP contribution in [-0.2, 0) is 4.74 Å². The Kier molecular flexibility index (Phi) is 3.33. The molecule has 0 saturated carbocycles. The Morgan fingerprint density at radius 2 is 1.50 bits per heavy atom. The second-order valence-corrected chi connectivity index (χ2v) is 3.56. The topological polar surface area (TPSA) is 9.23 Å². The zero-order valence-corrected chi connectivity index (χ0v) is 8.01. The third-order valence-corrected chi connectivity index (χ3v) is 2.61. The molecule has 0 aromatic rings. The first-order valence-corrected chi connectivity index (χ1v) is 3.79. The van der Waals surface area contributed by atoms with Gasteiger partial charge >= 0.3 is 0 Å². The Hall–Kier alpha value is -0.0800. The van der Waals surface area contributed by atoms with Crippen molar-refractivity contribution in [3.05, 3.63) is 0 Å². The van der Waals surface area contributed by atoms with E-state index in [9.17, 15) is 0 Å². The molecule has 62 valence electrons. The summed E-state index contributed by atoms with van der Waals surface area (Å²) in [6.45, 7) is 6.50. The molecule has 0 rings (SSSR count). The normalized spacial score (nSPS) is 15.9. The van der Waals surface area contributed by atoms with Crippen LogP contribution in [0.1, 0.15) is 20.8 Å². The Labute approximate surface area is 64.4 Å². The standard InChI is InChI=1S/C8H20NO/c1-7(2)9(4,5)8(3)10-6/h7-8H,1-6H3/q+1. The van der Waals surface area contributed by atoms with E-state index >= 15 is 0 Å². The first-order valence-electron chi connectivity index (χ1n) is 3.79. The fourth-order valence-electron chi connectivity index (χ4n) is 0.692. The number of quaternary nitrogens is 1. The first-order chi connectivity index (χ1) is 4.42. The summed E-state index contributed by atoms with van der Waals surface area (Å²) < 4.78 is 6.16. The average molecular weight is 146 g/mol. The van der Waals surface area contributed by atoms with E-state index < -0.39 is 0 Å². The van der Waals surface area contributed by atoms with Crippen LogP contribution in [0.4, 0.5) is 0 Å². The van der Waals surface area contributed by atoms with Crippen LogP contribution in [-0.4, -0.2) is 38.0 Å². The van der Waals surface area contributed by atoms with Crippen molar-refractivity contribution in [1.82, 2.24) is 0 Å². The van der Waals surface area contributed by atoms with Crippen LogP contribution in [0.15, 0.2) is 0 Å². The molecule has 0 aliphatic carbocycles. The molecule has 0 aromatic carbocycles. The van der Waals surface area contributed by atoms with Crippen molar-refractivity contribution in [1.29, 1.82) is 0 Å². The molecule has 0 fully saturated rings. The monoisotopic (exact) mass is 146 g/mol. The van der Waals surface area contributed by atoms with Gasteiger partial charge in [0, 0.05) is 14.0 Å². The predicted molar refractivity (Wildman–Crippen MR) is 43.7 cm³/mol. The second-order valence-electron chi connectivity index (χ2n) is 3.56. The maximum absolute atomic E-state index is 5.25. The van der Waals surface area contributed by atoms with E-state index in [1.165, 1.54) is 0 Å². The fraction of sp³-hybridized carbons (Fsp3) is 1.00. The van der Waals surface area contributed by atoms with Crippen molar-refractivity contribution in [2.24, 2.45) is 0 Å². The lowest BCUT2D eigenvalue weighted by molar-refractivity contribution is -0.953. The molecule has 0 spiro atoms. The highest BCUT2D eigenvalue weighted by Gasteiger charge is 2.26. The van der Waals surface area contributed by atoms with Gasteiger partial charge < -0.3 is 9.22 Å². The minimum atomic E-state index is 0.278. The van der Waals surface area contributed by atoms with Gasteiger partial charge in [0.1, 0.15) is 0 Å². The van der Waals surface area contributed by atoms with E-state index in [1.807, 2.05) is 0 Å². The van der Waals surface area contributed by atoms with E-state index in [0.29, 0.717) is 6.04 Å². The molecule has 0 heterocycles. The molecule has 2 nitrogen and oxygen atoms in total. The summed E-state index contributed by atoms with van der Waals surface area (Å²) in [5.41, 5.74) is 0. The Morgan fingerprint density at radius 1 is 1.10 bits per heavy atom. The van der Waals surface area contributed by atoms with Gasteiger partial charge in [-0.05, 0) is 13.8 Å². The van der Waals surface area contributed by atoms with Gasteiger partial charge in [0.2, 0.25) is 0 Å². The van der Waals surface area contributed by atoms with E-state index in [1.54, 1.807) is 7.11 Å². The number of hydrogen-bond donors (Lipinski definition) is 0. The van der Waals surface area contributed by atoms with Crippen LogP contribution in [0.25, 0.3) is 0 Å². The molecule has 0 bridgehead atoms. The molecule has 0 saturated heterocycles. The zero-order chi connectivity index (χ0) is 8.36. The van der Waals surface area contributed by atoms with Crippen LogP contribution in [0, 0.1) is 0 Å². The predicted octanol–water partition coefficient (Wildman–Crippen LogP) is 1.46. The summed E-state index contributed by atoms with van der Waals surface area (Å²) in [5, 5.41) is 0. The maximum atomic E-state index is 5.25. The third kappa shape index (κ3) is 1.96. The molecular weight excluding hydrogens is 126 g/mol. The highest BCUT2D eigenvalue weighted by molar-refractivity contribution is 4.40. The molecule has 1 unspecified atom stereocenters. The van der Waals surface area contributed by atoms with Gasteiger partial charge in [0.15, 0.2) is 6.23 Å². The minimum Gasteiger partial charge on any atom is -0.333 e. The van der Waals surface area contributed by atoms with Crippen molar-refractivity contribution in [2.75, 3.05) is 21.2 Å². The summed E-state index contributed by atoms with van der Waals surface area (Å²) in [7, 11) is 6.12. The van der Waals surface area contributed by atoms with Gasteiger partial charge in [-0.25, -0.2) is 0 Å². The largest absolute Gasteiger partial charge is 0.333 e. The highest BCUT2D eigenvalue weighted by atomic mass is 16.5. The van der Waals surface area contributed by atoms with Gasteiger partial charge in [-0.2, -0.15) is 0 Å². The number of hydrogen-bond acceptors (Lipinski definition) is 1. The number of ether oxygens (including phenoxy) is 1. The van der Waals surface area contributed by atoms with Gasteiger partial charge in [-0.15, -0.1) is 0 Å². The van der Waals surface area contributed by atoms with E-state index in [2.05, 4.69) is 34.9 Å². The van der Waals surface area contributed by atoms with Crippen molar-refractivity contribution < 1.29 is 9.22 Å². The van der Waals surface area contributed by atoms with Crippen molar-refractivity contribution in [3.63, 3.8) is 0 Å². The molecule has 10 heavy (non-hydrogen) atoms. The molecule has 0 radical (unpaired) electrons. The number of methoxy groups -OCH3 is 1. The van der Waals surface area contributed by atoms with Crippen LogP contribution in [0.3, 0.4) is 0 Å². The Morgan fingerprint density at radius 3 is 1.60 bits per heavy atom. The van der Waals surface area contributed by atoms with Crippen molar-refractivity contribution in [3.8, 4) is 0 Å². The summed E-state index contributed by atoms with van der Waals surface area (Å²) in [6, 6.07) is 0.606. The molecule has 0 aliphatic rings. The van der Waals surface area contributed by atoms with Crippen molar-refractivity contribution >= 4 is 0 Å². The Bertz CT molecular complexity index is 99.4. The SMILES string of the molecule is COC(C)[N+](C)(C)C(C)C. The Balaban J connectivity index is 4.09. The van der Waals surface area contributed by atoms with Crippen LogP contribution < -0.4 is 0 Å². The van der Waals surface area contributed by atoms with E-state index in [-0.39, 0.29) is 6.23 Å². The summed E-state index contributed by atoms with van der Waals surface area (Å²) in [6.07, 6.45) is 0.278. The summed E-state index contributed by atoms with van der Waals surface area (Å²) >= 11 is 0. The second kappa shape index (κ2) is 3.35. The quantitative estimate of drug-likeness (QED) is 0.433. The minimum absolute atomic E-state index is 0.278. The molecular formula is C8H20NO+. The van der Waals surface area contributed by atoms with Crippen LogP contribution >= 0.6 is 0 Å². The summed E-state index contributed by atoms with van der Waals surface area (Å²) in [4.78, 5) is 0. The van der Waals surface area contributed by atoms with Gasteiger partial charge in [-0.1, -0.05) is 0 Å². The lowest BCUT2D eigenvalue weighted by atomic mass is 10.3. The van der Waals surface area contributed by atoms with Gasteiger partial charge in [0.05, 0.1) is 20.1 Å². The smallest absolute Gasteiger partial charge is 0.189 e. The van der Waals surface area contributed by atoms with Crippen LogP contribution in [0.5, 0.6) is 0 Å². The van der Waals surface area contributed by atoms with Gasteiger partial charge in [0.25, 0.3) is 0 Å². The molecule has 0 aromatic heterocycles. The van der Waals surface area contributed by atoms with Crippen LogP contribution in [0.2, 0.25) is 0 Å². The lowest BCUT2D eigenvalue weighted by Gasteiger charge is -2.38. The molecule has 0 aliphatic heterocycles.